The van der Waals surface area contributed by atoms with E-state index in [1.54, 1.807) is 13.8 Å². The van der Waals surface area contributed by atoms with Crippen molar-refractivity contribution in [2.75, 3.05) is 6.54 Å². The molecule has 0 aliphatic rings. The average Bonchev–Trinajstić information content (AvgIpc) is 1.99. The van der Waals surface area contributed by atoms with E-state index in [-0.39, 0.29) is 18.9 Å². The van der Waals surface area contributed by atoms with Gasteiger partial charge in [0, 0.05) is 19.0 Å². The molecule has 7 heteroatoms. The first kappa shape index (κ1) is 13.3. The summed E-state index contributed by atoms with van der Waals surface area (Å²) in [5.74, 6) is -0.931. The molecule has 0 rings (SSSR count). The molecule has 0 aliphatic heterocycles. The summed E-state index contributed by atoms with van der Waals surface area (Å²) in [5.41, 5.74) is 0. The van der Waals surface area contributed by atoms with Gasteiger partial charge in [-0.2, -0.15) is 13.1 Å². The van der Waals surface area contributed by atoms with E-state index in [4.69, 9.17) is 5.11 Å². The molecule has 1 unspecified atom stereocenters. The zero-order chi connectivity index (χ0) is 11.2. The van der Waals surface area contributed by atoms with Gasteiger partial charge in [-0.05, 0) is 13.3 Å². The molecule has 0 spiro atoms. The number of carboxylic acids is 1. The molecule has 0 saturated carbocycles. The third kappa shape index (κ3) is 6.81. The minimum atomic E-state index is -3.47. The SMILES string of the molecule is CCNS(=O)(=O)NC(C)CCC(=O)O. The Hall–Kier alpha value is -0.660. The summed E-state index contributed by atoms with van der Waals surface area (Å²) in [4.78, 5) is 10.2. The van der Waals surface area contributed by atoms with Gasteiger partial charge in [-0.3, -0.25) is 4.79 Å². The maximum atomic E-state index is 11.1. The maximum Gasteiger partial charge on any atom is 0.303 e. The molecule has 0 saturated heterocycles. The number of rotatable bonds is 7. The fraction of sp³-hybridized carbons (Fsp3) is 0.857. The van der Waals surface area contributed by atoms with Crippen LogP contribution in [-0.4, -0.2) is 32.1 Å². The summed E-state index contributed by atoms with van der Waals surface area (Å²) in [6, 6.07) is -0.379. The van der Waals surface area contributed by atoms with E-state index < -0.39 is 16.2 Å². The van der Waals surface area contributed by atoms with E-state index in [2.05, 4.69) is 9.44 Å². The minimum absolute atomic E-state index is 0.0458. The fourth-order valence-corrected chi connectivity index (χ4v) is 2.01. The van der Waals surface area contributed by atoms with Crippen molar-refractivity contribution in [3.8, 4) is 0 Å². The second-order valence-electron chi connectivity index (χ2n) is 2.95. The van der Waals surface area contributed by atoms with E-state index in [0.29, 0.717) is 6.54 Å². The predicted octanol–water partition coefficient (Wildman–Crippen LogP) is -0.316. The molecular formula is C7H16N2O4S. The van der Waals surface area contributed by atoms with E-state index in [0.717, 1.165) is 0 Å². The Labute approximate surface area is 83.9 Å². The summed E-state index contributed by atoms with van der Waals surface area (Å²) in [6.07, 6.45) is 0.232. The van der Waals surface area contributed by atoms with Crippen LogP contribution in [0.25, 0.3) is 0 Å². The van der Waals surface area contributed by atoms with Gasteiger partial charge in [0.25, 0.3) is 10.2 Å². The molecular weight excluding hydrogens is 208 g/mol. The topological polar surface area (TPSA) is 95.5 Å². The van der Waals surface area contributed by atoms with E-state index in [1.807, 2.05) is 0 Å². The predicted molar refractivity (Wildman–Crippen MR) is 52.1 cm³/mol. The van der Waals surface area contributed by atoms with Crippen molar-refractivity contribution in [2.45, 2.75) is 32.7 Å². The molecule has 0 fully saturated rings. The standard InChI is InChI=1S/C7H16N2O4S/c1-3-8-14(12,13)9-6(2)4-5-7(10)11/h6,8-9H,3-5H2,1-2H3,(H,10,11). The lowest BCUT2D eigenvalue weighted by atomic mass is 10.2. The van der Waals surface area contributed by atoms with Gasteiger partial charge in [-0.15, -0.1) is 0 Å². The van der Waals surface area contributed by atoms with Gasteiger partial charge in [0.05, 0.1) is 0 Å². The average molecular weight is 224 g/mol. The summed E-state index contributed by atoms with van der Waals surface area (Å²) in [6.45, 7) is 3.60. The third-order valence-electron chi connectivity index (χ3n) is 1.48. The van der Waals surface area contributed by atoms with Gasteiger partial charge in [0.2, 0.25) is 0 Å². The van der Waals surface area contributed by atoms with Crippen LogP contribution in [0.5, 0.6) is 0 Å². The molecule has 0 bridgehead atoms. The smallest absolute Gasteiger partial charge is 0.303 e. The van der Waals surface area contributed by atoms with Gasteiger partial charge >= 0.3 is 5.97 Å². The van der Waals surface area contributed by atoms with Crippen LogP contribution in [-0.2, 0) is 15.0 Å². The number of hydrogen-bond acceptors (Lipinski definition) is 3. The highest BCUT2D eigenvalue weighted by molar-refractivity contribution is 7.87. The molecule has 6 nitrogen and oxygen atoms in total. The number of aliphatic carboxylic acids is 1. The Bertz CT molecular complexity index is 275. The van der Waals surface area contributed by atoms with Crippen LogP contribution in [0.1, 0.15) is 26.7 Å². The fourth-order valence-electron chi connectivity index (χ4n) is 0.895. The Balaban J connectivity index is 3.93. The lowest BCUT2D eigenvalue weighted by Crippen LogP contribution is -2.41. The lowest BCUT2D eigenvalue weighted by molar-refractivity contribution is -0.137. The van der Waals surface area contributed by atoms with Crippen molar-refractivity contribution >= 4 is 16.2 Å². The highest BCUT2D eigenvalue weighted by Crippen LogP contribution is 1.97. The summed E-state index contributed by atoms with van der Waals surface area (Å²) < 4.78 is 26.8. The maximum absolute atomic E-state index is 11.1. The molecule has 1 atom stereocenters. The zero-order valence-electron chi connectivity index (χ0n) is 8.28. The normalized spacial score (nSPS) is 13.9. The van der Waals surface area contributed by atoms with E-state index in [1.165, 1.54) is 0 Å². The first-order valence-electron chi connectivity index (χ1n) is 4.36. The second-order valence-corrected chi connectivity index (χ2v) is 4.48. The van der Waals surface area contributed by atoms with Crippen molar-refractivity contribution in [3.05, 3.63) is 0 Å². The lowest BCUT2D eigenvalue weighted by Gasteiger charge is -2.12. The first-order chi connectivity index (χ1) is 6.37. The molecule has 14 heavy (non-hydrogen) atoms. The van der Waals surface area contributed by atoms with Crippen molar-refractivity contribution in [1.82, 2.24) is 9.44 Å². The molecule has 0 aromatic heterocycles. The molecule has 0 radical (unpaired) electrons. The Kier molecular flexibility index (Phi) is 5.66. The molecule has 0 heterocycles. The Morgan fingerprint density at radius 2 is 2.07 bits per heavy atom. The van der Waals surface area contributed by atoms with Crippen molar-refractivity contribution in [1.29, 1.82) is 0 Å². The summed E-state index contributed by atoms with van der Waals surface area (Å²) in [7, 11) is -3.47. The van der Waals surface area contributed by atoms with Gasteiger partial charge in [-0.1, -0.05) is 6.92 Å². The van der Waals surface area contributed by atoms with Crippen LogP contribution in [0, 0.1) is 0 Å². The number of nitrogens with one attached hydrogen (secondary N) is 2. The van der Waals surface area contributed by atoms with Crippen LogP contribution < -0.4 is 9.44 Å². The Morgan fingerprint density at radius 1 is 1.50 bits per heavy atom. The first-order valence-corrected chi connectivity index (χ1v) is 5.84. The molecule has 0 aromatic carbocycles. The van der Waals surface area contributed by atoms with Gasteiger partial charge in [-0.25, -0.2) is 4.72 Å². The van der Waals surface area contributed by atoms with Crippen LogP contribution in [0.4, 0.5) is 0 Å². The summed E-state index contributed by atoms with van der Waals surface area (Å²) >= 11 is 0. The van der Waals surface area contributed by atoms with E-state index >= 15 is 0 Å². The van der Waals surface area contributed by atoms with Crippen LogP contribution >= 0.6 is 0 Å². The summed E-state index contributed by atoms with van der Waals surface area (Å²) in [5, 5.41) is 8.37. The number of carbonyl (C=O) groups is 1. The van der Waals surface area contributed by atoms with Crippen molar-refractivity contribution in [3.63, 3.8) is 0 Å². The molecule has 3 N–H and O–H groups in total. The quantitative estimate of drug-likeness (QED) is 0.552. The second kappa shape index (κ2) is 5.94. The van der Waals surface area contributed by atoms with Crippen LogP contribution in [0.3, 0.4) is 0 Å². The van der Waals surface area contributed by atoms with Gasteiger partial charge < -0.3 is 5.11 Å². The van der Waals surface area contributed by atoms with Gasteiger partial charge in [0.1, 0.15) is 0 Å². The largest absolute Gasteiger partial charge is 0.481 e. The van der Waals surface area contributed by atoms with Crippen molar-refractivity contribution in [2.24, 2.45) is 0 Å². The zero-order valence-corrected chi connectivity index (χ0v) is 9.10. The molecule has 0 aromatic rings. The minimum Gasteiger partial charge on any atom is -0.481 e. The number of carboxylic acid groups (broad SMARTS) is 1. The third-order valence-corrected chi connectivity index (χ3v) is 2.86. The highest BCUT2D eigenvalue weighted by Gasteiger charge is 2.13. The molecule has 84 valence electrons. The van der Waals surface area contributed by atoms with Crippen molar-refractivity contribution < 1.29 is 18.3 Å². The monoisotopic (exact) mass is 224 g/mol. The van der Waals surface area contributed by atoms with E-state index in [9.17, 15) is 13.2 Å². The molecule has 0 aliphatic carbocycles. The number of hydrogen-bond donors (Lipinski definition) is 3. The highest BCUT2D eigenvalue weighted by atomic mass is 32.2. The Morgan fingerprint density at radius 3 is 2.50 bits per heavy atom. The van der Waals surface area contributed by atoms with Crippen LogP contribution in [0.2, 0.25) is 0 Å². The van der Waals surface area contributed by atoms with Crippen LogP contribution in [0.15, 0.2) is 0 Å². The molecule has 0 amide bonds. The van der Waals surface area contributed by atoms with Gasteiger partial charge in [0.15, 0.2) is 0 Å².